The topological polar surface area (TPSA) is 66.4 Å². The Bertz CT molecular complexity index is 521. The quantitative estimate of drug-likeness (QED) is 0.786. The Balaban J connectivity index is 2.36. The Labute approximate surface area is 111 Å². The maximum atomic E-state index is 11.4. The molecule has 0 aromatic heterocycles. The van der Waals surface area contributed by atoms with Crippen molar-refractivity contribution in [3.05, 3.63) is 60.2 Å². The third kappa shape index (κ3) is 2.73. The zero-order valence-electron chi connectivity index (χ0n) is 10.3. The number of amides is 1. The van der Waals surface area contributed by atoms with Crippen LogP contribution < -0.4 is 5.32 Å². The highest BCUT2D eigenvalue weighted by Crippen LogP contribution is 2.28. The van der Waals surface area contributed by atoms with E-state index in [1.807, 2.05) is 30.3 Å². The molecule has 2 N–H and O–H groups in total. The van der Waals surface area contributed by atoms with E-state index in [0.717, 1.165) is 5.56 Å². The van der Waals surface area contributed by atoms with E-state index >= 15 is 0 Å². The summed E-state index contributed by atoms with van der Waals surface area (Å²) >= 11 is 0. The minimum Gasteiger partial charge on any atom is -0.481 e. The smallest absolute Gasteiger partial charge is 0.313 e. The van der Waals surface area contributed by atoms with Gasteiger partial charge in [-0.2, -0.15) is 0 Å². The fourth-order valence-corrected chi connectivity index (χ4v) is 2.38. The zero-order chi connectivity index (χ0) is 13.7. The van der Waals surface area contributed by atoms with Crippen molar-refractivity contribution >= 4 is 12.4 Å². The molecule has 0 fully saturated rings. The van der Waals surface area contributed by atoms with Gasteiger partial charge >= 0.3 is 5.97 Å². The summed E-state index contributed by atoms with van der Waals surface area (Å²) in [6, 6.07) is 9.51. The van der Waals surface area contributed by atoms with Gasteiger partial charge in [-0.25, -0.2) is 0 Å². The molecular formula is C15H15NO3. The van der Waals surface area contributed by atoms with Gasteiger partial charge in [0.2, 0.25) is 6.41 Å². The van der Waals surface area contributed by atoms with Crippen LogP contribution in [0.5, 0.6) is 0 Å². The van der Waals surface area contributed by atoms with Crippen molar-refractivity contribution in [2.75, 3.05) is 0 Å². The van der Waals surface area contributed by atoms with Gasteiger partial charge in [0.25, 0.3) is 0 Å². The number of aliphatic carboxylic acids is 1. The third-order valence-corrected chi connectivity index (χ3v) is 3.30. The van der Waals surface area contributed by atoms with Crippen LogP contribution >= 0.6 is 0 Å². The van der Waals surface area contributed by atoms with Crippen LogP contribution in [0.1, 0.15) is 5.56 Å². The van der Waals surface area contributed by atoms with Gasteiger partial charge in [0.15, 0.2) is 0 Å². The third-order valence-electron chi connectivity index (χ3n) is 3.30. The lowest BCUT2D eigenvalue weighted by Crippen LogP contribution is -2.53. The molecule has 1 aromatic rings. The van der Waals surface area contributed by atoms with E-state index in [0.29, 0.717) is 12.8 Å². The van der Waals surface area contributed by atoms with Crippen LogP contribution in [0.3, 0.4) is 0 Å². The maximum absolute atomic E-state index is 11.4. The molecule has 1 amide bonds. The molecule has 0 aliphatic heterocycles. The van der Waals surface area contributed by atoms with Crippen LogP contribution in [0.4, 0.5) is 0 Å². The molecule has 0 saturated heterocycles. The minimum atomic E-state index is -0.953. The van der Waals surface area contributed by atoms with Crippen molar-refractivity contribution in [3.63, 3.8) is 0 Å². The number of hydrogen-bond donors (Lipinski definition) is 2. The molecule has 0 saturated carbocycles. The first-order valence-electron chi connectivity index (χ1n) is 6.02. The summed E-state index contributed by atoms with van der Waals surface area (Å²) in [4.78, 5) is 22.3. The number of benzene rings is 1. The molecule has 0 heterocycles. The highest BCUT2D eigenvalue weighted by atomic mass is 16.4. The molecule has 4 nitrogen and oxygen atoms in total. The Kier molecular flexibility index (Phi) is 3.80. The summed E-state index contributed by atoms with van der Waals surface area (Å²) in [5, 5.41) is 12.0. The van der Waals surface area contributed by atoms with Crippen molar-refractivity contribution in [1.29, 1.82) is 0 Å². The van der Waals surface area contributed by atoms with E-state index in [1.165, 1.54) is 0 Å². The van der Waals surface area contributed by atoms with E-state index in [2.05, 4.69) is 5.32 Å². The number of nitrogens with one attached hydrogen (secondary N) is 1. The fourth-order valence-electron chi connectivity index (χ4n) is 2.38. The van der Waals surface area contributed by atoms with Gasteiger partial charge < -0.3 is 10.4 Å². The second kappa shape index (κ2) is 5.52. The molecule has 2 rings (SSSR count). The van der Waals surface area contributed by atoms with Crippen LogP contribution in [-0.4, -0.2) is 23.0 Å². The van der Waals surface area contributed by atoms with E-state index in [9.17, 15) is 14.7 Å². The standard InChI is InChI=1S/C15H15NO3/c17-11-16-15(10-12-6-2-1-3-7-12)9-5-4-8-13(15)14(18)19/h1-9,11,13H,10H2,(H,16,17)(H,18,19). The van der Waals surface area contributed by atoms with Gasteiger partial charge in [0.1, 0.15) is 5.92 Å². The summed E-state index contributed by atoms with van der Waals surface area (Å²) in [5.41, 5.74) is 0.0620. The van der Waals surface area contributed by atoms with E-state index in [1.54, 1.807) is 24.3 Å². The largest absolute Gasteiger partial charge is 0.481 e. The first kappa shape index (κ1) is 13.1. The molecule has 0 spiro atoms. The molecule has 1 aromatic carbocycles. The van der Waals surface area contributed by atoms with E-state index in [-0.39, 0.29) is 0 Å². The summed E-state index contributed by atoms with van der Waals surface area (Å²) in [7, 11) is 0. The zero-order valence-corrected chi connectivity index (χ0v) is 10.3. The van der Waals surface area contributed by atoms with Gasteiger partial charge in [-0.3, -0.25) is 9.59 Å². The monoisotopic (exact) mass is 257 g/mol. The average Bonchev–Trinajstić information content (AvgIpc) is 2.40. The molecule has 19 heavy (non-hydrogen) atoms. The molecule has 1 aliphatic rings. The van der Waals surface area contributed by atoms with Crippen LogP contribution in [-0.2, 0) is 16.0 Å². The van der Waals surface area contributed by atoms with Crippen molar-refractivity contribution in [1.82, 2.24) is 5.32 Å². The summed E-state index contributed by atoms with van der Waals surface area (Å²) in [6.07, 6.45) is 7.79. The first-order chi connectivity index (χ1) is 9.18. The SMILES string of the molecule is O=CNC1(Cc2ccccc2)C=CC=CC1C(=O)O. The molecule has 4 heteroatoms. The van der Waals surface area contributed by atoms with Crippen LogP contribution in [0.15, 0.2) is 54.6 Å². The molecule has 98 valence electrons. The molecule has 0 bridgehead atoms. The number of allylic oxidation sites excluding steroid dienone is 2. The Morgan fingerprint density at radius 3 is 2.68 bits per heavy atom. The predicted molar refractivity (Wildman–Crippen MR) is 71.5 cm³/mol. The van der Waals surface area contributed by atoms with Crippen LogP contribution in [0.25, 0.3) is 0 Å². The van der Waals surface area contributed by atoms with Crippen molar-refractivity contribution in [3.8, 4) is 0 Å². The lowest BCUT2D eigenvalue weighted by atomic mass is 9.76. The van der Waals surface area contributed by atoms with Gasteiger partial charge in [-0.05, 0) is 5.56 Å². The fraction of sp³-hybridized carbons (Fsp3) is 0.200. The molecule has 2 atom stereocenters. The second-order valence-electron chi connectivity index (χ2n) is 4.52. The Morgan fingerprint density at radius 2 is 2.05 bits per heavy atom. The van der Waals surface area contributed by atoms with Gasteiger partial charge in [-0.15, -0.1) is 0 Å². The van der Waals surface area contributed by atoms with E-state index < -0.39 is 17.4 Å². The van der Waals surface area contributed by atoms with Crippen LogP contribution in [0, 0.1) is 5.92 Å². The Morgan fingerprint density at radius 1 is 1.32 bits per heavy atom. The number of rotatable bonds is 5. The van der Waals surface area contributed by atoms with E-state index in [4.69, 9.17) is 0 Å². The molecule has 2 unspecified atom stereocenters. The van der Waals surface area contributed by atoms with Crippen molar-refractivity contribution in [2.45, 2.75) is 12.0 Å². The summed E-state index contributed by atoms with van der Waals surface area (Å²) in [6.45, 7) is 0. The Hall–Kier alpha value is -2.36. The number of hydrogen-bond acceptors (Lipinski definition) is 2. The van der Waals surface area contributed by atoms with Crippen molar-refractivity contribution < 1.29 is 14.7 Å². The lowest BCUT2D eigenvalue weighted by molar-refractivity contribution is -0.142. The number of carboxylic acid groups (broad SMARTS) is 1. The van der Waals surface area contributed by atoms with Gasteiger partial charge in [0.05, 0.1) is 5.54 Å². The molecule has 1 aliphatic carbocycles. The molecule has 0 radical (unpaired) electrons. The highest BCUT2D eigenvalue weighted by molar-refractivity contribution is 5.76. The first-order valence-corrected chi connectivity index (χ1v) is 6.02. The summed E-state index contributed by atoms with van der Waals surface area (Å²) in [5.74, 6) is -1.73. The highest BCUT2D eigenvalue weighted by Gasteiger charge is 2.40. The predicted octanol–water partition coefficient (Wildman–Crippen LogP) is 1.54. The lowest BCUT2D eigenvalue weighted by Gasteiger charge is -2.36. The van der Waals surface area contributed by atoms with Gasteiger partial charge in [0, 0.05) is 6.42 Å². The average molecular weight is 257 g/mol. The number of carbonyl (C=O) groups excluding carboxylic acids is 1. The summed E-state index contributed by atoms with van der Waals surface area (Å²) < 4.78 is 0. The van der Waals surface area contributed by atoms with Crippen molar-refractivity contribution in [2.24, 2.45) is 5.92 Å². The number of carbonyl (C=O) groups is 2. The number of carboxylic acids is 1. The van der Waals surface area contributed by atoms with Crippen LogP contribution in [0.2, 0.25) is 0 Å². The second-order valence-corrected chi connectivity index (χ2v) is 4.52. The molecular weight excluding hydrogens is 242 g/mol. The van der Waals surface area contributed by atoms with Gasteiger partial charge in [-0.1, -0.05) is 54.6 Å². The minimum absolute atomic E-state index is 0.435. The normalized spacial score (nSPS) is 24.9. The maximum Gasteiger partial charge on any atom is 0.313 e.